The van der Waals surface area contributed by atoms with Gasteiger partial charge < -0.3 is 0 Å². The van der Waals surface area contributed by atoms with E-state index in [0.29, 0.717) is 5.92 Å². The van der Waals surface area contributed by atoms with Gasteiger partial charge in [0.15, 0.2) is 0 Å². The minimum absolute atomic E-state index is 0.690. The van der Waals surface area contributed by atoms with E-state index in [4.69, 9.17) is 12.2 Å². The zero-order valence-corrected chi connectivity index (χ0v) is 5.66. The summed E-state index contributed by atoms with van der Waals surface area (Å²) < 4.78 is 0. The fraction of sp³-hybridized carbons (Fsp3) is 0.571. The molecule has 1 heteroatoms. The van der Waals surface area contributed by atoms with Gasteiger partial charge in [-0.05, 0) is 30.5 Å². The van der Waals surface area contributed by atoms with Gasteiger partial charge in [0.1, 0.15) is 0 Å². The molecule has 0 fully saturated rings. The van der Waals surface area contributed by atoms with Crippen LogP contribution in [0.4, 0.5) is 0 Å². The second-order valence-electron chi connectivity index (χ2n) is 2.18. The van der Waals surface area contributed by atoms with Crippen LogP contribution in [-0.4, -0.2) is 5.37 Å². The Hall–Kier alpha value is -0.170. The average molecular weight is 126 g/mol. The van der Waals surface area contributed by atoms with Crippen LogP contribution in [0.2, 0.25) is 0 Å². The van der Waals surface area contributed by atoms with Crippen LogP contribution in [0.5, 0.6) is 0 Å². The van der Waals surface area contributed by atoms with Crippen molar-refractivity contribution in [1.82, 2.24) is 0 Å². The molecule has 0 heterocycles. The molecule has 0 N–H and O–H groups in total. The van der Waals surface area contributed by atoms with Crippen molar-refractivity contribution < 1.29 is 0 Å². The molecule has 0 aliphatic heterocycles. The van der Waals surface area contributed by atoms with Crippen LogP contribution in [-0.2, 0) is 0 Å². The van der Waals surface area contributed by atoms with Crippen LogP contribution in [0, 0.1) is 5.92 Å². The minimum atomic E-state index is 0.690. The molecule has 44 valence electrons. The van der Waals surface area contributed by atoms with Gasteiger partial charge in [-0.2, -0.15) is 0 Å². The van der Waals surface area contributed by atoms with Crippen molar-refractivity contribution in [1.29, 1.82) is 0 Å². The Balaban J connectivity index is 2.37. The Kier molecular flexibility index (Phi) is 2.22. The number of thiocarbonyl (C=S) groups is 1. The third-order valence-electron chi connectivity index (χ3n) is 1.50. The molecule has 0 spiro atoms. The van der Waals surface area contributed by atoms with Gasteiger partial charge in [-0.1, -0.05) is 24.4 Å². The maximum Gasteiger partial charge on any atom is -0.00910 e. The number of hydrogen-bond acceptors (Lipinski definition) is 1. The number of allylic oxidation sites excluding steroid dienone is 2. The van der Waals surface area contributed by atoms with Gasteiger partial charge >= 0.3 is 0 Å². The summed E-state index contributed by atoms with van der Waals surface area (Å²) in [4.78, 5) is 0. The third kappa shape index (κ3) is 1.41. The molecule has 0 aromatic carbocycles. The summed E-state index contributed by atoms with van der Waals surface area (Å²) in [6.07, 6.45) is 8.10. The van der Waals surface area contributed by atoms with Gasteiger partial charge in [0, 0.05) is 0 Å². The van der Waals surface area contributed by atoms with Crippen LogP contribution < -0.4 is 0 Å². The molecular formula is C7H10S. The molecule has 0 amide bonds. The van der Waals surface area contributed by atoms with E-state index in [9.17, 15) is 0 Å². The summed E-state index contributed by atoms with van der Waals surface area (Å²) in [5.41, 5.74) is 0. The van der Waals surface area contributed by atoms with E-state index in [1.54, 1.807) is 0 Å². The largest absolute Gasteiger partial charge is 0.0932 e. The highest BCUT2D eigenvalue weighted by Crippen LogP contribution is 2.15. The van der Waals surface area contributed by atoms with E-state index in [2.05, 4.69) is 12.2 Å². The van der Waals surface area contributed by atoms with E-state index < -0.39 is 0 Å². The molecule has 8 heavy (non-hydrogen) atoms. The van der Waals surface area contributed by atoms with Crippen LogP contribution in [0.1, 0.15) is 19.3 Å². The third-order valence-corrected chi connectivity index (χ3v) is 1.89. The van der Waals surface area contributed by atoms with Gasteiger partial charge in [0.25, 0.3) is 0 Å². The van der Waals surface area contributed by atoms with Crippen molar-refractivity contribution in [3.8, 4) is 0 Å². The molecule has 0 radical (unpaired) electrons. The highest BCUT2D eigenvalue weighted by molar-refractivity contribution is 7.79. The zero-order chi connectivity index (χ0) is 5.82. The summed E-state index contributed by atoms with van der Waals surface area (Å²) in [6.45, 7) is 0. The lowest BCUT2D eigenvalue weighted by molar-refractivity contribution is 0.633. The Bertz CT molecular complexity index is 105. The summed E-state index contributed by atoms with van der Waals surface area (Å²) >= 11 is 4.81. The Morgan fingerprint density at radius 1 is 1.50 bits per heavy atom. The molecule has 0 aromatic rings. The topological polar surface area (TPSA) is 0 Å². The van der Waals surface area contributed by atoms with E-state index in [1.807, 2.05) is 5.37 Å². The lowest BCUT2D eigenvalue weighted by Gasteiger charge is -2.10. The fourth-order valence-corrected chi connectivity index (χ4v) is 1.19. The van der Waals surface area contributed by atoms with E-state index in [1.165, 1.54) is 19.3 Å². The number of hydrogen-bond donors (Lipinski definition) is 0. The van der Waals surface area contributed by atoms with Gasteiger partial charge in [0.2, 0.25) is 0 Å². The van der Waals surface area contributed by atoms with E-state index >= 15 is 0 Å². The minimum Gasteiger partial charge on any atom is -0.0932 e. The summed E-state index contributed by atoms with van der Waals surface area (Å²) in [5, 5.41) is 1.89. The maximum absolute atomic E-state index is 4.81. The summed E-state index contributed by atoms with van der Waals surface area (Å²) in [5.74, 6) is 0.690. The van der Waals surface area contributed by atoms with E-state index in [-0.39, 0.29) is 0 Å². The monoisotopic (exact) mass is 126 g/mol. The predicted octanol–water partition coefficient (Wildman–Crippen LogP) is 2.34. The first-order chi connectivity index (χ1) is 3.93. The van der Waals surface area contributed by atoms with Crippen LogP contribution >= 0.6 is 12.2 Å². The Labute approximate surface area is 55.6 Å². The van der Waals surface area contributed by atoms with E-state index in [0.717, 1.165) is 0 Å². The van der Waals surface area contributed by atoms with Crippen LogP contribution in [0.3, 0.4) is 0 Å². The summed E-state index contributed by atoms with van der Waals surface area (Å²) in [7, 11) is 0. The lowest BCUT2D eigenvalue weighted by Crippen LogP contribution is -2.01. The first-order valence-corrected chi connectivity index (χ1v) is 3.51. The Morgan fingerprint density at radius 2 is 2.38 bits per heavy atom. The van der Waals surface area contributed by atoms with Crippen molar-refractivity contribution in [2.45, 2.75) is 19.3 Å². The first kappa shape index (κ1) is 5.96. The smallest absolute Gasteiger partial charge is 0.00910 e. The Morgan fingerprint density at radius 3 is 2.75 bits per heavy atom. The molecule has 1 atom stereocenters. The average Bonchev–Trinajstić information content (AvgIpc) is 1.90. The molecule has 1 rings (SSSR count). The fourth-order valence-electron chi connectivity index (χ4n) is 0.941. The van der Waals surface area contributed by atoms with Gasteiger partial charge in [-0.15, -0.1) is 0 Å². The number of rotatable bonds is 1. The molecule has 0 aromatic heterocycles. The van der Waals surface area contributed by atoms with Gasteiger partial charge in [0.05, 0.1) is 0 Å². The summed E-state index contributed by atoms with van der Waals surface area (Å²) in [6, 6.07) is 0. The maximum atomic E-state index is 4.81. The normalized spacial score (nSPS) is 27.8. The second-order valence-corrected chi connectivity index (χ2v) is 2.45. The van der Waals surface area contributed by atoms with Gasteiger partial charge in [-0.25, -0.2) is 0 Å². The first-order valence-electron chi connectivity index (χ1n) is 3.04. The van der Waals surface area contributed by atoms with Crippen molar-refractivity contribution >= 4 is 17.6 Å². The highest BCUT2D eigenvalue weighted by Gasteiger charge is 2.03. The zero-order valence-electron chi connectivity index (χ0n) is 4.84. The molecule has 1 unspecified atom stereocenters. The SMILES string of the molecule is S=CC1CC=CCC1. The molecule has 1 aliphatic carbocycles. The molecule has 0 nitrogen and oxygen atoms in total. The molecule has 0 bridgehead atoms. The predicted molar refractivity (Wildman–Crippen MR) is 40.1 cm³/mol. The van der Waals surface area contributed by atoms with Crippen molar-refractivity contribution in [3.05, 3.63) is 12.2 Å². The van der Waals surface area contributed by atoms with Crippen molar-refractivity contribution in [2.75, 3.05) is 0 Å². The van der Waals surface area contributed by atoms with Gasteiger partial charge in [-0.3, -0.25) is 0 Å². The quantitative estimate of drug-likeness (QED) is 0.384. The van der Waals surface area contributed by atoms with Crippen molar-refractivity contribution in [2.24, 2.45) is 5.92 Å². The standard InChI is InChI=1S/C7H10S/c8-6-7-4-2-1-3-5-7/h1-2,6-7H,3-5H2. The molecule has 1 aliphatic rings. The molecule has 0 saturated carbocycles. The molecule has 0 saturated heterocycles. The lowest BCUT2D eigenvalue weighted by atomic mass is 9.97. The van der Waals surface area contributed by atoms with Crippen LogP contribution in [0.15, 0.2) is 12.2 Å². The molecular weight excluding hydrogens is 116 g/mol. The highest BCUT2D eigenvalue weighted by atomic mass is 32.1. The second kappa shape index (κ2) is 2.98. The van der Waals surface area contributed by atoms with Crippen molar-refractivity contribution in [3.63, 3.8) is 0 Å². The van der Waals surface area contributed by atoms with Crippen LogP contribution in [0.25, 0.3) is 0 Å².